The highest BCUT2D eigenvalue weighted by molar-refractivity contribution is 7.92. The second-order valence-electron chi connectivity index (χ2n) is 8.22. The van der Waals surface area contributed by atoms with E-state index in [9.17, 15) is 18.0 Å². The van der Waals surface area contributed by atoms with Gasteiger partial charge >= 0.3 is 5.97 Å². The molecule has 2 aromatic rings. The zero-order valence-corrected chi connectivity index (χ0v) is 20.8. The molecule has 34 heavy (non-hydrogen) atoms. The Morgan fingerprint density at radius 3 is 2.32 bits per heavy atom. The summed E-state index contributed by atoms with van der Waals surface area (Å²) >= 11 is 0. The van der Waals surface area contributed by atoms with Crippen LogP contribution < -0.4 is 14.9 Å². The minimum Gasteiger partial charge on any atom is -0.465 e. The molecule has 0 spiro atoms. The second-order valence-corrected chi connectivity index (χ2v) is 10.1. The zero-order valence-electron chi connectivity index (χ0n) is 20.0. The summed E-state index contributed by atoms with van der Waals surface area (Å²) in [4.78, 5) is 26.5. The molecular formula is C24H30N4O5S. The number of anilines is 3. The summed E-state index contributed by atoms with van der Waals surface area (Å²) in [7, 11) is 1.66. The third-order valence-corrected chi connectivity index (χ3v) is 6.64. The Bertz CT molecular complexity index is 1220. The van der Waals surface area contributed by atoms with Gasteiger partial charge in [-0.3, -0.25) is 9.10 Å². The van der Waals surface area contributed by atoms with Crippen molar-refractivity contribution in [1.29, 1.82) is 0 Å². The van der Waals surface area contributed by atoms with Crippen molar-refractivity contribution in [2.75, 3.05) is 55.5 Å². The van der Waals surface area contributed by atoms with Crippen LogP contribution in [0.1, 0.15) is 29.3 Å². The number of methoxy groups -OCH3 is 1. The fourth-order valence-electron chi connectivity index (χ4n) is 3.71. The highest BCUT2D eigenvalue weighted by Gasteiger charge is 2.28. The Balaban J connectivity index is 1.89. The number of likely N-dealkylation sites (N-methyl/N-ethyl adjacent to an activating group) is 1. The van der Waals surface area contributed by atoms with E-state index in [1.54, 1.807) is 42.5 Å². The number of carbonyl (C=O) groups is 2. The van der Waals surface area contributed by atoms with Gasteiger partial charge in [-0.05, 0) is 56.9 Å². The van der Waals surface area contributed by atoms with Gasteiger partial charge in [-0.25, -0.2) is 13.2 Å². The molecule has 1 aliphatic heterocycles. The number of ether oxygens (including phenoxy) is 1. The minimum absolute atomic E-state index is 0.259. The number of rotatable bonds is 9. The normalized spacial score (nSPS) is 14.5. The van der Waals surface area contributed by atoms with E-state index in [-0.39, 0.29) is 5.91 Å². The first kappa shape index (κ1) is 25.3. The average molecular weight is 487 g/mol. The van der Waals surface area contributed by atoms with Gasteiger partial charge in [-0.15, -0.1) is 0 Å². The topological polar surface area (TPSA) is 108 Å². The Labute approximate surface area is 200 Å². The SMILES string of the molecule is CC/C(Nc1ccc(N(CCN(C)C)S(C)(=O)=O)cc1)=C1/C(=O)Nc2cc(C(=O)OC)ccc21. The molecule has 0 atom stereocenters. The van der Waals surface area contributed by atoms with E-state index in [1.165, 1.54) is 17.7 Å². The zero-order chi connectivity index (χ0) is 25.0. The number of carbonyl (C=O) groups excluding carboxylic acids is 2. The summed E-state index contributed by atoms with van der Waals surface area (Å²) in [5.74, 6) is -0.734. The molecule has 0 radical (unpaired) electrons. The molecule has 0 bridgehead atoms. The smallest absolute Gasteiger partial charge is 0.337 e. The monoisotopic (exact) mass is 486 g/mol. The van der Waals surface area contributed by atoms with Crippen LogP contribution in [0, 0.1) is 0 Å². The van der Waals surface area contributed by atoms with Crippen LogP contribution in [-0.2, 0) is 19.6 Å². The summed E-state index contributed by atoms with van der Waals surface area (Å²) in [6.45, 7) is 2.86. The van der Waals surface area contributed by atoms with Gasteiger partial charge in [0.2, 0.25) is 10.0 Å². The summed E-state index contributed by atoms with van der Waals surface area (Å²) in [5, 5.41) is 6.11. The van der Waals surface area contributed by atoms with Crippen molar-refractivity contribution in [3.63, 3.8) is 0 Å². The fraction of sp³-hybridized carbons (Fsp3) is 0.333. The maximum atomic E-state index is 12.8. The van der Waals surface area contributed by atoms with Crippen molar-refractivity contribution in [2.24, 2.45) is 0 Å². The van der Waals surface area contributed by atoms with Gasteiger partial charge in [-0.1, -0.05) is 13.0 Å². The van der Waals surface area contributed by atoms with E-state index in [0.717, 1.165) is 5.69 Å². The summed E-state index contributed by atoms with van der Waals surface area (Å²) in [5.41, 5.74) is 4.11. The molecule has 0 saturated carbocycles. The molecule has 1 heterocycles. The largest absolute Gasteiger partial charge is 0.465 e. The average Bonchev–Trinajstić information content (AvgIpc) is 3.11. The molecular weight excluding hydrogens is 456 g/mol. The van der Waals surface area contributed by atoms with Crippen LogP contribution in [0.25, 0.3) is 5.57 Å². The number of allylic oxidation sites excluding steroid dienone is 1. The summed E-state index contributed by atoms with van der Waals surface area (Å²) < 4.78 is 30.7. The maximum Gasteiger partial charge on any atom is 0.337 e. The number of benzene rings is 2. The molecule has 10 heteroatoms. The van der Waals surface area contributed by atoms with E-state index in [0.29, 0.717) is 53.3 Å². The lowest BCUT2D eigenvalue weighted by Crippen LogP contribution is -2.35. The van der Waals surface area contributed by atoms with Crippen LogP contribution in [0.15, 0.2) is 48.2 Å². The Morgan fingerprint density at radius 1 is 1.09 bits per heavy atom. The Morgan fingerprint density at radius 2 is 1.76 bits per heavy atom. The molecule has 2 N–H and O–H groups in total. The quantitative estimate of drug-likeness (QED) is 0.414. The van der Waals surface area contributed by atoms with E-state index in [2.05, 4.69) is 10.6 Å². The Hall–Kier alpha value is -3.37. The summed E-state index contributed by atoms with van der Waals surface area (Å²) in [6.07, 6.45) is 1.75. The van der Waals surface area contributed by atoms with E-state index in [4.69, 9.17) is 4.74 Å². The number of nitrogens with one attached hydrogen (secondary N) is 2. The van der Waals surface area contributed by atoms with Crippen LogP contribution in [0.4, 0.5) is 17.1 Å². The predicted octanol–water partition coefficient (Wildman–Crippen LogP) is 2.99. The van der Waals surface area contributed by atoms with Crippen LogP contribution in [0.2, 0.25) is 0 Å². The first-order valence-electron chi connectivity index (χ1n) is 10.8. The van der Waals surface area contributed by atoms with Gasteiger partial charge in [0.1, 0.15) is 0 Å². The van der Waals surface area contributed by atoms with Gasteiger partial charge in [0.05, 0.1) is 35.9 Å². The molecule has 0 aliphatic carbocycles. The van der Waals surface area contributed by atoms with Crippen LogP contribution in [-0.4, -0.2) is 65.7 Å². The molecule has 1 amide bonds. The highest BCUT2D eigenvalue weighted by Crippen LogP contribution is 2.36. The number of esters is 1. The van der Waals surface area contributed by atoms with Gasteiger partial charge in [-0.2, -0.15) is 0 Å². The van der Waals surface area contributed by atoms with Crippen LogP contribution >= 0.6 is 0 Å². The molecule has 0 saturated heterocycles. The number of hydrogen-bond acceptors (Lipinski definition) is 7. The molecule has 2 aromatic carbocycles. The Kier molecular flexibility index (Phi) is 7.63. The second kappa shape index (κ2) is 10.3. The number of fused-ring (bicyclic) bond motifs is 1. The number of hydrogen-bond donors (Lipinski definition) is 2. The van der Waals surface area contributed by atoms with Crippen molar-refractivity contribution in [3.8, 4) is 0 Å². The number of amides is 1. The predicted molar refractivity (Wildman–Crippen MR) is 134 cm³/mol. The molecule has 0 aromatic heterocycles. The van der Waals surface area contributed by atoms with Crippen molar-refractivity contribution in [3.05, 3.63) is 59.3 Å². The minimum atomic E-state index is -3.43. The van der Waals surface area contributed by atoms with Crippen molar-refractivity contribution in [2.45, 2.75) is 13.3 Å². The van der Waals surface area contributed by atoms with Crippen LogP contribution in [0.3, 0.4) is 0 Å². The molecule has 1 aliphatic rings. The van der Waals surface area contributed by atoms with E-state index >= 15 is 0 Å². The fourth-order valence-corrected chi connectivity index (χ4v) is 4.63. The number of nitrogens with zero attached hydrogens (tertiary/aromatic N) is 2. The van der Waals surface area contributed by atoms with Gasteiger partial charge in [0.25, 0.3) is 5.91 Å². The lowest BCUT2D eigenvalue weighted by molar-refractivity contribution is -0.110. The van der Waals surface area contributed by atoms with Gasteiger partial charge < -0.3 is 20.3 Å². The van der Waals surface area contributed by atoms with Crippen LogP contribution in [0.5, 0.6) is 0 Å². The molecule has 182 valence electrons. The van der Waals surface area contributed by atoms with Gasteiger partial charge in [0.15, 0.2) is 0 Å². The number of sulfonamides is 1. The lowest BCUT2D eigenvalue weighted by Gasteiger charge is -2.24. The standard InChI is InChI=1S/C24H30N4O5S/c1-6-20(22-19-12-7-16(24(30)33-4)15-21(19)26-23(22)29)25-17-8-10-18(11-9-17)28(34(5,31)32)14-13-27(2)3/h7-12,15,25H,6,13-14H2,1-5H3,(H,26,29)/b22-20-. The van der Waals surface area contributed by atoms with E-state index < -0.39 is 16.0 Å². The van der Waals surface area contributed by atoms with Crippen molar-refractivity contribution in [1.82, 2.24) is 4.90 Å². The van der Waals surface area contributed by atoms with Gasteiger partial charge in [0, 0.05) is 30.0 Å². The summed E-state index contributed by atoms with van der Waals surface area (Å²) in [6, 6.07) is 12.0. The third-order valence-electron chi connectivity index (χ3n) is 5.44. The lowest BCUT2D eigenvalue weighted by atomic mass is 10.0. The first-order valence-corrected chi connectivity index (χ1v) is 12.7. The molecule has 0 unspecified atom stereocenters. The first-order chi connectivity index (χ1) is 16.0. The van der Waals surface area contributed by atoms with Crippen molar-refractivity contribution < 1.29 is 22.7 Å². The molecule has 3 rings (SSSR count). The maximum absolute atomic E-state index is 12.8. The third kappa shape index (κ3) is 5.57. The van der Waals surface area contributed by atoms with E-state index in [1.807, 2.05) is 25.9 Å². The molecule has 9 nitrogen and oxygen atoms in total. The van der Waals surface area contributed by atoms with Crippen molar-refractivity contribution >= 4 is 44.5 Å². The molecule has 0 fully saturated rings. The highest BCUT2D eigenvalue weighted by atomic mass is 32.2.